The van der Waals surface area contributed by atoms with E-state index in [1.54, 1.807) is 12.1 Å². The third kappa shape index (κ3) is 3.89. The van der Waals surface area contributed by atoms with Gasteiger partial charge in [0.25, 0.3) is 5.91 Å². The molecule has 1 aliphatic heterocycles. The lowest BCUT2D eigenvalue weighted by atomic mass is 10.1. The van der Waals surface area contributed by atoms with E-state index in [0.717, 1.165) is 5.56 Å². The van der Waals surface area contributed by atoms with E-state index >= 15 is 0 Å². The van der Waals surface area contributed by atoms with Crippen LogP contribution in [0.25, 0.3) is 0 Å². The Morgan fingerprint density at radius 2 is 2.15 bits per heavy atom. The molecule has 0 fully saturated rings. The smallest absolute Gasteiger partial charge is 0.351 e. The van der Waals surface area contributed by atoms with Crippen LogP contribution in [0.5, 0.6) is 0 Å². The number of carbonyl (C=O) groups excluding carboxylic acids is 2. The molecule has 1 aromatic carbocycles. The Hall–Kier alpha value is -1.70. The minimum absolute atomic E-state index is 0.0769. The summed E-state index contributed by atoms with van der Waals surface area (Å²) in [6, 6.07) is 4.73. The Morgan fingerprint density at radius 1 is 1.40 bits per heavy atom. The highest BCUT2D eigenvalue weighted by Crippen LogP contribution is 2.29. The molecule has 20 heavy (non-hydrogen) atoms. The van der Waals surface area contributed by atoms with Crippen LogP contribution in [0.15, 0.2) is 18.2 Å². The summed E-state index contributed by atoms with van der Waals surface area (Å²) in [6.45, 7) is -0.0769. The molecule has 0 aliphatic carbocycles. The number of nitrogens with one attached hydrogen (secondary N) is 2. The van der Waals surface area contributed by atoms with Gasteiger partial charge in [-0.2, -0.15) is 13.2 Å². The van der Waals surface area contributed by atoms with E-state index in [4.69, 9.17) is 0 Å². The Labute approximate surface area is 117 Å². The number of thioether (sulfide) groups is 1. The topological polar surface area (TPSA) is 58.2 Å². The van der Waals surface area contributed by atoms with Gasteiger partial charge in [0, 0.05) is 23.5 Å². The Balaban J connectivity index is 1.88. The van der Waals surface area contributed by atoms with Crippen LogP contribution in [-0.2, 0) is 11.2 Å². The Kier molecular flexibility index (Phi) is 4.22. The fourth-order valence-electron chi connectivity index (χ4n) is 1.79. The first-order chi connectivity index (χ1) is 9.35. The number of anilines is 1. The lowest BCUT2D eigenvalue weighted by molar-refractivity contribution is -0.115. The fourth-order valence-corrected chi connectivity index (χ4v) is 2.22. The van der Waals surface area contributed by atoms with Gasteiger partial charge in [-0.1, -0.05) is 6.07 Å². The molecule has 0 saturated carbocycles. The summed E-state index contributed by atoms with van der Waals surface area (Å²) in [4.78, 5) is 22.9. The van der Waals surface area contributed by atoms with Crippen LogP contribution in [0.1, 0.15) is 15.9 Å². The minimum Gasteiger partial charge on any atom is -0.351 e. The second kappa shape index (κ2) is 5.74. The molecule has 1 aromatic rings. The van der Waals surface area contributed by atoms with Crippen LogP contribution in [0.2, 0.25) is 0 Å². The van der Waals surface area contributed by atoms with Gasteiger partial charge in [0.05, 0.1) is 6.42 Å². The molecule has 2 N–H and O–H groups in total. The average Bonchev–Trinajstić information content (AvgIpc) is 2.72. The summed E-state index contributed by atoms with van der Waals surface area (Å²) in [5.74, 6) is -0.840. The number of halogens is 3. The maximum atomic E-state index is 11.9. The number of hydrogen-bond donors (Lipinski definition) is 2. The van der Waals surface area contributed by atoms with Crippen molar-refractivity contribution in [1.82, 2.24) is 5.32 Å². The lowest BCUT2D eigenvalue weighted by Gasteiger charge is -2.08. The standard InChI is InChI=1S/C12H11F3N2O2S/c13-12(14,15)20-4-3-16-11(19)8-2-1-7-6-10(18)17-9(7)5-8/h1-2,5H,3-4,6H2,(H,16,19)(H,17,18). The highest BCUT2D eigenvalue weighted by molar-refractivity contribution is 8.00. The zero-order valence-corrected chi connectivity index (χ0v) is 11.0. The van der Waals surface area contributed by atoms with Crippen molar-refractivity contribution < 1.29 is 22.8 Å². The molecule has 1 heterocycles. The fraction of sp³-hybridized carbons (Fsp3) is 0.333. The van der Waals surface area contributed by atoms with Crippen LogP contribution < -0.4 is 10.6 Å². The second-order valence-electron chi connectivity index (χ2n) is 4.15. The first-order valence-electron chi connectivity index (χ1n) is 5.77. The molecule has 1 aliphatic rings. The molecule has 0 aromatic heterocycles. The van der Waals surface area contributed by atoms with E-state index in [2.05, 4.69) is 10.6 Å². The number of benzene rings is 1. The number of amides is 2. The van der Waals surface area contributed by atoms with Gasteiger partial charge >= 0.3 is 5.51 Å². The number of fused-ring (bicyclic) bond motifs is 1. The molecule has 2 rings (SSSR count). The van der Waals surface area contributed by atoms with Crippen LogP contribution in [0.4, 0.5) is 18.9 Å². The van der Waals surface area contributed by atoms with Gasteiger partial charge in [-0.25, -0.2) is 0 Å². The zero-order chi connectivity index (χ0) is 14.8. The minimum atomic E-state index is -4.29. The first kappa shape index (κ1) is 14.7. The van der Waals surface area contributed by atoms with E-state index in [1.165, 1.54) is 6.07 Å². The number of hydrogen-bond acceptors (Lipinski definition) is 3. The zero-order valence-electron chi connectivity index (χ0n) is 10.2. The van der Waals surface area contributed by atoms with Gasteiger partial charge in [-0.05, 0) is 29.5 Å². The van der Waals surface area contributed by atoms with E-state index in [9.17, 15) is 22.8 Å². The molecule has 0 saturated heterocycles. The molecule has 8 heteroatoms. The summed E-state index contributed by atoms with van der Waals surface area (Å²) in [6.07, 6.45) is 0.277. The Morgan fingerprint density at radius 3 is 2.85 bits per heavy atom. The van der Waals surface area contributed by atoms with Crippen molar-refractivity contribution in [3.8, 4) is 0 Å². The predicted molar refractivity (Wildman–Crippen MR) is 69.6 cm³/mol. The Bertz CT molecular complexity index is 546. The van der Waals surface area contributed by atoms with Crippen LogP contribution in [0.3, 0.4) is 0 Å². The van der Waals surface area contributed by atoms with Gasteiger partial charge in [0.2, 0.25) is 5.91 Å². The third-order valence-corrected chi connectivity index (χ3v) is 3.39. The number of rotatable bonds is 4. The van der Waals surface area contributed by atoms with E-state index in [1.807, 2.05) is 0 Å². The normalized spacial score (nSPS) is 13.8. The van der Waals surface area contributed by atoms with Crippen molar-refractivity contribution in [3.63, 3.8) is 0 Å². The SMILES string of the molecule is O=C1Cc2ccc(C(=O)NCCSC(F)(F)F)cc2N1. The summed E-state index contributed by atoms with van der Waals surface area (Å²) in [5.41, 5.74) is -2.60. The second-order valence-corrected chi connectivity index (χ2v) is 5.31. The number of carbonyl (C=O) groups is 2. The summed E-state index contributed by atoms with van der Waals surface area (Å²) in [5, 5.41) is 5.01. The van der Waals surface area contributed by atoms with Gasteiger partial charge in [0.15, 0.2) is 0 Å². The first-order valence-corrected chi connectivity index (χ1v) is 6.75. The van der Waals surface area contributed by atoms with Crippen molar-refractivity contribution in [2.24, 2.45) is 0 Å². The van der Waals surface area contributed by atoms with Crippen molar-refractivity contribution >= 4 is 29.3 Å². The summed E-state index contributed by atoms with van der Waals surface area (Å²) < 4.78 is 35.7. The van der Waals surface area contributed by atoms with E-state index < -0.39 is 11.4 Å². The molecule has 0 atom stereocenters. The molecule has 0 unspecified atom stereocenters. The summed E-state index contributed by atoms with van der Waals surface area (Å²) >= 11 is -0.181. The van der Waals surface area contributed by atoms with Crippen molar-refractivity contribution in [2.45, 2.75) is 11.9 Å². The monoisotopic (exact) mass is 304 g/mol. The predicted octanol–water partition coefficient (Wildman–Crippen LogP) is 2.16. The molecular weight excluding hydrogens is 293 g/mol. The van der Waals surface area contributed by atoms with Crippen molar-refractivity contribution in [2.75, 3.05) is 17.6 Å². The third-order valence-electron chi connectivity index (χ3n) is 2.65. The van der Waals surface area contributed by atoms with Crippen molar-refractivity contribution in [3.05, 3.63) is 29.3 Å². The largest absolute Gasteiger partial charge is 0.441 e. The molecule has 0 radical (unpaired) electrons. The molecule has 0 bridgehead atoms. The van der Waals surface area contributed by atoms with Gasteiger partial charge in [-0.3, -0.25) is 9.59 Å². The van der Waals surface area contributed by atoms with E-state index in [-0.39, 0.29) is 36.4 Å². The van der Waals surface area contributed by atoms with Crippen molar-refractivity contribution in [1.29, 1.82) is 0 Å². The molecule has 4 nitrogen and oxygen atoms in total. The maximum Gasteiger partial charge on any atom is 0.441 e. The highest BCUT2D eigenvalue weighted by atomic mass is 32.2. The molecule has 108 valence electrons. The number of alkyl halides is 3. The van der Waals surface area contributed by atoms with Crippen LogP contribution in [0, 0.1) is 0 Å². The highest BCUT2D eigenvalue weighted by Gasteiger charge is 2.27. The quantitative estimate of drug-likeness (QED) is 0.838. The average molecular weight is 304 g/mol. The summed E-state index contributed by atoms with van der Waals surface area (Å²) in [7, 11) is 0. The van der Waals surface area contributed by atoms with Crippen LogP contribution >= 0.6 is 11.8 Å². The maximum absolute atomic E-state index is 11.9. The lowest BCUT2D eigenvalue weighted by Crippen LogP contribution is -2.26. The van der Waals surface area contributed by atoms with E-state index in [0.29, 0.717) is 11.3 Å². The van der Waals surface area contributed by atoms with Gasteiger partial charge < -0.3 is 10.6 Å². The molecule has 0 spiro atoms. The van der Waals surface area contributed by atoms with Crippen LogP contribution in [-0.4, -0.2) is 29.6 Å². The van der Waals surface area contributed by atoms with Gasteiger partial charge in [-0.15, -0.1) is 0 Å². The van der Waals surface area contributed by atoms with Gasteiger partial charge in [0.1, 0.15) is 0 Å². The molecular formula is C12H11F3N2O2S. The molecule has 2 amide bonds.